The Morgan fingerprint density at radius 1 is 0.963 bits per heavy atom. The molecule has 138 valence electrons. The molecule has 0 saturated carbocycles. The number of benzene rings is 1. The SMILES string of the molecule is COc1ccc([N+](=O)[O-])c(CN(Cc2ccccn2)Cc2ccccn2)c1. The van der Waals surface area contributed by atoms with Crippen molar-refractivity contribution in [1.29, 1.82) is 0 Å². The lowest BCUT2D eigenvalue weighted by Crippen LogP contribution is -2.24. The molecule has 0 aliphatic heterocycles. The van der Waals surface area contributed by atoms with Crippen LogP contribution in [-0.2, 0) is 19.6 Å². The van der Waals surface area contributed by atoms with E-state index in [4.69, 9.17) is 4.74 Å². The van der Waals surface area contributed by atoms with E-state index in [0.29, 0.717) is 30.9 Å². The quantitative estimate of drug-likeness (QED) is 0.449. The van der Waals surface area contributed by atoms with Gasteiger partial charge in [-0.15, -0.1) is 0 Å². The van der Waals surface area contributed by atoms with Crippen LogP contribution >= 0.6 is 0 Å². The minimum Gasteiger partial charge on any atom is -0.497 e. The Morgan fingerprint density at radius 3 is 2.07 bits per heavy atom. The van der Waals surface area contributed by atoms with Crippen LogP contribution in [0.3, 0.4) is 0 Å². The van der Waals surface area contributed by atoms with E-state index in [9.17, 15) is 10.1 Å². The first-order valence-corrected chi connectivity index (χ1v) is 8.49. The van der Waals surface area contributed by atoms with Crippen LogP contribution in [0, 0.1) is 10.1 Å². The summed E-state index contributed by atoms with van der Waals surface area (Å²) in [5.74, 6) is 0.589. The lowest BCUT2D eigenvalue weighted by atomic mass is 10.1. The maximum Gasteiger partial charge on any atom is 0.274 e. The molecule has 0 aliphatic rings. The minimum absolute atomic E-state index is 0.0721. The second-order valence-corrected chi connectivity index (χ2v) is 6.04. The summed E-state index contributed by atoms with van der Waals surface area (Å²) in [5, 5.41) is 11.4. The molecular weight excluding hydrogens is 344 g/mol. The standard InChI is InChI=1S/C20H20N4O3/c1-27-19-8-9-20(24(25)26)16(12-19)13-23(14-17-6-2-4-10-21-17)15-18-7-3-5-11-22-18/h2-12H,13-15H2,1H3. The fourth-order valence-electron chi connectivity index (χ4n) is 2.84. The molecule has 0 fully saturated rings. The van der Waals surface area contributed by atoms with E-state index in [1.165, 1.54) is 6.07 Å². The summed E-state index contributed by atoms with van der Waals surface area (Å²) in [7, 11) is 1.55. The zero-order chi connectivity index (χ0) is 19.1. The third-order valence-electron chi connectivity index (χ3n) is 4.10. The Balaban J connectivity index is 1.89. The Bertz CT molecular complexity index is 847. The van der Waals surface area contributed by atoms with Crippen LogP contribution in [0.25, 0.3) is 0 Å². The van der Waals surface area contributed by atoms with Gasteiger partial charge < -0.3 is 4.74 Å². The van der Waals surface area contributed by atoms with Crippen molar-refractivity contribution < 1.29 is 9.66 Å². The first-order valence-electron chi connectivity index (χ1n) is 8.49. The van der Waals surface area contributed by atoms with Gasteiger partial charge in [0.2, 0.25) is 0 Å². The number of rotatable bonds is 8. The van der Waals surface area contributed by atoms with Gasteiger partial charge in [-0.25, -0.2) is 0 Å². The second-order valence-electron chi connectivity index (χ2n) is 6.04. The molecule has 3 aromatic rings. The van der Waals surface area contributed by atoms with Crippen LogP contribution in [0.1, 0.15) is 17.0 Å². The third-order valence-corrected chi connectivity index (χ3v) is 4.10. The van der Waals surface area contributed by atoms with Gasteiger partial charge >= 0.3 is 0 Å². The maximum atomic E-state index is 11.4. The van der Waals surface area contributed by atoms with E-state index in [1.807, 2.05) is 36.4 Å². The number of nitro benzene ring substituents is 1. The van der Waals surface area contributed by atoms with Gasteiger partial charge in [0.25, 0.3) is 5.69 Å². The van der Waals surface area contributed by atoms with Crippen molar-refractivity contribution in [3.63, 3.8) is 0 Å². The number of methoxy groups -OCH3 is 1. The number of hydrogen-bond donors (Lipinski definition) is 0. The summed E-state index contributed by atoms with van der Waals surface area (Å²) < 4.78 is 5.24. The van der Waals surface area contributed by atoms with Gasteiger partial charge in [0.05, 0.1) is 23.4 Å². The van der Waals surface area contributed by atoms with Crippen molar-refractivity contribution in [3.05, 3.63) is 94.1 Å². The zero-order valence-electron chi connectivity index (χ0n) is 15.0. The van der Waals surface area contributed by atoms with Gasteiger partial charge in [0, 0.05) is 43.7 Å². The predicted molar refractivity (Wildman–Crippen MR) is 101 cm³/mol. The Labute approximate surface area is 157 Å². The molecule has 2 aromatic heterocycles. The first kappa shape index (κ1) is 18.5. The molecule has 0 atom stereocenters. The van der Waals surface area contributed by atoms with E-state index >= 15 is 0 Å². The van der Waals surface area contributed by atoms with Crippen molar-refractivity contribution in [2.75, 3.05) is 7.11 Å². The highest BCUT2D eigenvalue weighted by Crippen LogP contribution is 2.26. The summed E-state index contributed by atoms with van der Waals surface area (Å²) in [6.07, 6.45) is 3.48. The molecule has 0 aliphatic carbocycles. The highest BCUT2D eigenvalue weighted by molar-refractivity contribution is 5.45. The Hall–Kier alpha value is -3.32. The predicted octanol–water partition coefficient (Wildman–Crippen LogP) is 3.60. The Kier molecular flexibility index (Phi) is 6.06. The smallest absolute Gasteiger partial charge is 0.274 e. The van der Waals surface area contributed by atoms with Gasteiger partial charge in [0.1, 0.15) is 5.75 Å². The highest BCUT2D eigenvalue weighted by Gasteiger charge is 2.18. The van der Waals surface area contributed by atoms with Crippen molar-refractivity contribution in [2.24, 2.45) is 0 Å². The fraction of sp³-hybridized carbons (Fsp3) is 0.200. The number of aromatic nitrogens is 2. The largest absolute Gasteiger partial charge is 0.497 e. The number of nitrogens with zero attached hydrogens (tertiary/aromatic N) is 4. The minimum atomic E-state index is -0.367. The lowest BCUT2D eigenvalue weighted by molar-refractivity contribution is -0.385. The fourth-order valence-corrected chi connectivity index (χ4v) is 2.84. The molecule has 3 rings (SSSR count). The van der Waals surface area contributed by atoms with E-state index in [1.54, 1.807) is 31.6 Å². The van der Waals surface area contributed by atoms with Gasteiger partial charge in [-0.2, -0.15) is 0 Å². The molecule has 7 nitrogen and oxygen atoms in total. The molecule has 27 heavy (non-hydrogen) atoms. The molecule has 1 aromatic carbocycles. The number of hydrogen-bond acceptors (Lipinski definition) is 6. The first-order chi connectivity index (χ1) is 13.2. The summed E-state index contributed by atoms with van der Waals surface area (Å²) in [5.41, 5.74) is 2.44. The normalized spacial score (nSPS) is 10.7. The molecule has 2 heterocycles. The average molecular weight is 364 g/mol. The topological polar surface area (TPSA) is 81.4 Å². The molecule has 0 bridgehead atoms. The van der Waals surface area contributed by atoms with Gasteiger partial charge in [-0.3, -0.25) is 25.0 Å². The van der Waals surface area contributed by atoms with E-state index in [-0.39, 0.29) is 10.6 Å². The number of nitro groups is 1. The highest BCUT2D eigenvalue weighted by atomic mass is 16.6. The molecule has 0 N–H and O–H groups in total. The van der Waals surface area contributed by atoms with Crippen molar-refractivity contribution in [1.82, 2.24) is 14.9 Å². The van der Waals surface area contributed by atoms with Crippen LogP contribution in [0.5, 0.6) is 5.75 Å². The molecular formula is C20H20N4O3. The summed E-state index contributed by atoms with van der Waals surface area (Å²) >= 11 is 0. The Morgan fingerprint density at radius 2 is 1.59 bits per heavy atom. The molecule has 7 heteroatoms. The van der Waals surface area contributed by atoms with Crippen molar-refractivity contribution in [3.8, 4) is 5.75 Å². The number of ether oxygens (including phenoxy) is 1. The van der Waals surface area contributed by atoms with E-state index < -0.39 is 0 Å². The average Bonchev–Trinajstić information content (AvgIpc) is 2.69. The summed E-state index contributed by atoms with van der Waals surface area (Å²) in [4.78, 5) is 21.9. The second kappa shape index (κ2) is 8.86. The maximum absolute atomic E-state index is 11.4. The van der Waals surface area contributed by atoms with Gasteiger partial charge in [-0.1, -0.05) is 12.1 Å². The van der Waals surface area contributed by atoms with Crippen LogP contribution < -0.4 is 4.74 Å². The van der Waals surface area contributed by atoms with Crippen LogP contribution in [0.2, 0.25) is 0 Å². The lowest BCUT2D eigenvalue weighted by Gasteiger charge is -2.22. The third kappa shape index (κ3) is 5.08. The van der Waals surface area contributed by atoms with Gasteiger partial charge in [0.15, 0.2) is 0 Å². The molecule has 0 unspecified atom stereocenters. The van der Waals surface area contributed by atoms with E-state index in [2.05, 4.69) is 14.9 Å². The van der Waals surface area contributed by atoms with Gasteiger partial charge in [-0.05, 0) is 36.4 Å². The monoisotopic (exact) mass is 364 g/mol. The van der Waals surface area contributed by atoms with Crippen LogP contribution in [0.15, 0.2) is 67.0 Å². The summed E-state index contributed by atoms with van der Waals surface area (Å²) in [6.45, 7) is 1.47. The van der Waals surface area contributed by atoms with Crippen LogP contribution in [-0.4, -0.2) is 26.9 Å². The van der Waals surface area contributed by atoms with Crippen molar-refractivity contribution in [2.45, 2.75) is 19.6 Å². The van der Waals surface area contributed by atoms with E-state index in [0.717, 1.165) is 11.4 Å². The molecule has 0 spiro atoms. The molecule has 0 saturated heterocycles. The summed E-state index contributed by atoms with van der Waals surface area (Å²) in [6, 6.07) is 16.2. The molecule has 0 amide bonds. The zero-order valence-corrected chi connectivity index (χ0v) is 15.0. The van der Waals surface area contributed by atoms with Crippen molar-refractivity contribution >= 4 is 5.69 Å². The molecule has 0 radical (unpaired) electrons. The number of pyridine rings is 2. The van der Waals surface area contributed by atoms with Crippen LogP contribution in [0.4, 0.5) is 5.69 Å².